The Morgan fingerprint density at radius 2 is 0.495 bits per heavy atom. The predicted octanol–water partition coefficient (Wildman–Crippen LogP) is 21.8. The quantitative estimate of drug-likeness (QED) is 0.161. The second-order valence-electron chi connectivity index (χ2n) is 30.1. The number of para-hydroxylation sites is 6. The highest BCUT2D eigenvalue weighted by Crippen LogP contribution is 2.52. The van der Waals surface area contributed by atoms with Crippen LogP contribution in [0.2, 0.25) is 0 Å². The average molecular weight is 1440 g/mol. The summed E-state index contributed by atoms with van der Waals surface area (Å²) in [5.74, 6) is 0. The molecule has 0 fully saturated rings. The summed E-state index contributed by atoms with van der Waals surface area (Å²) in [5, 5.41) is 47.0. The minimum atomic E-state index is 0.184. The summed E-state index contributed by atoms with van der Waals surface area (Å²) in [7, 11) is 10.3. The molecule has 0 bridgehead atoms. The normalized spacial score (nSPS) is 16.7. The molecular weight excluding hydrogens is 1340 g/mol. The van der Waals surface area contributed by atoms with Gasteiger partial charge in [0.2, 0.25) is 0 Å². The maximum Gasteiger partial charge on any atom is 0.103 e. The average Bonchev–Trinajstić information content (AvgIpc) is 1.64. The van der Waals surface area contributed by atoms with E-state index in [2.05, 4.69) is 343 Å². The SMILES string of the molecule is Cc1cc(C)c(C)c(N2c3cccc(C#N)c3N(C)[C@@H]2C)c1.Cc1cc(C)c(N2c3cccc(C#N)c3N(C)[C@@H]2C)c(C)c1.Cc1cc(C)c(N2c3cccc(C#N)c3N(C)[C@@H]2C)cc1C.Cc1ccc(C)c(N2c3cccc(C#N)c3N(C)[C@@H]2C)c1C.Cc1cccc(C)c1N1c2cccc(C#N)c2N(C)[C@@H]1C. The molecule has 15 heteroatoms. The molecule has 0 unspecified atom stereocenters. The second-order valence-corrected chi connectivity index (χ2v) is 30.1. The molecule has 0 saturated heterocycles. The Bertz CT molecular complexity index is 5400. The molecule has 0 aliphatic carbocycles. The molecule has 0 radical (unpaired) electrons. The number of aryl methyl sites for hydroxylation is 12. The van der Waals surface area contributed by atoms with E-state index in [-0.39, 0.29) is 30.8 Å². The zero-order valence-corrected chi connectivity index (χ0v) is 68.1. The van der Waals surface area contributed by atoms with Gasteiger partial charge in [0, 0.05) is 63.7 Å². The van der Waals surface area contributed by atoms with Crippen molar-refractivity contribution < 1.29 is 0 Å². The molecular formula is C94H103N15. The van der Waals surface area contributed by atoms with Gasteiger partial charge in [0.1, 0.15) is 61.2 Å². The van der Waals surface area contributed by atoms with Gasteiger partial charge in [-0.25, -0.2) is 0 Å². The second kappa shape index (κ2) is 31.2. The van der Waals surface area contributed by atoms with Gasteiger partial charge in [0.15, 0.2) is 0 Å². The fraction of sp³-hybridized carbons (Fsp3) is 0.309. The molecule has 109 heavy (non-hydrogen) atoms. The van der Waals surface area contributed by atoms with Crippen molar-refractivity contribution in [2.75, 3.05) is 84.2 Å². The zero-order chi connectivity index (χ0) is 79.2. The Kier molecular flexibility index (Phi) is 22.3. The Morgan fingerprint density at radius 1 is 0.220 bits per heavy atom. The smallest absolute Gasteiger partial charge is 0.103 e. The largest absolute Gasteiger partial charge is 0.351 e. The first-order valence-corrected chi connectivity index (χ1v) is 37.5. The van der Waals surface area contributed by atoms with Crippen LogP contribution in [-0.2, 0) is 0 Å². The van der Waals surface area contributed by atoms with Crippen molar-refractivity contribution in [3.05, 3.63) is 263 Å². The fourth-order valence-corrected chi connectivity index (χ4v) is 16.8. The van der Waals surface area contributed by atoms with Crippen molar-refractivity contribution >= 4 is 85.3 Å². The van der Waals surface area contributed by atoms with Crippen LogP contribution in [0.3, 0.4) is 0 Å². The van der Waals surface area contributed by atoms with Crippen LogP contribution in [0.4, 0.5) is 85.3 Å². The minimum absolute atomic E-state index is 0.184. The van der Waals surface area contributed by atoms with Gasteiger partial charge in [-0.1, -0.05) is 90.5 Å². The molecule has 5 heterocycles. The number of nitriles is 5. The van der Waals surface area contributed by atoms with E-state index >= 15 is 0 Å². The summed E-state index contributed by atoms with van der Waals surface area (Å²) in [5.41, 5.74) is 38.5. The first-order chi connectivity index (χ1) is 51.9. The summed E-state index contributed by atoms with van der Waals surface area (Å²) >= 11 is 0. The molecule has 0 spiro atoms. The van der Waals surface area contributed by atoms with E-state index < -0.39 is 0 Å². The monoisotopic (exact) mass is 1440 g/mol. The number of hydrogen-bond acceptors (Lipinski definition) is 15. The third kappa shape index (κ3) is 13.8. The first kappa shape index (κ1) is 77.7. The molecule has 10 aromatic carbocycles. The number of nitrogens with zero attached hydrogens (tertiary/aromatic N) is 15. The minimum Gasteiger partial charge on any atom is -0.351 e. The molecule has 15 rings (SSSR count). The van der Waals surface area contributed by atoms with Crippen LogP contribution in [0.1, 0.15) is 140 Å². The Labute approximate surface area is 648 Å². The van der Waals surface area contributed by atoms with Gasteiger partial charge in [-0.15, -0.1) is 0 Å². The lowest BCUT2D eigenvalue weighted by Gasteiger charge is -2.31. The van der Waals surface area contributed by atoms with Crippen LogP contribution in [0.5, 0.6) is 0 Å². The molecule has 0 aromatic heterocycles. The van der Waals surface area contributed by atoms with Crippen molar-refractivity contribution in [3.8, 4) is 30.3 Å². The van der Waals surface area contributed by atoms with Gasteiger partial charge in [0.25, 0.3) is 0 Å². The van der Waals surface area contributed by atoms with Crippen molar-refractivity contribution in [3.63, 3.8) is 0 Å². The number of benzene rings is 10. The molecule has 5 aliphatic rings. The molecule has 0 N–H and O–H groups in total. The van der Waals surface area contributed by atoms with Crippen LogP contribution in [0.25, 0.3) is 0 Å². The van der Waals surface area contributed by atoms with Gasteiger partial charge in [0.05, 0.1) is 84.7 Å². The Hall–Kier alpha value is -12.4. The number of hydrogen-bond donors (Lipinski definition) is 0. The molecule has 554 valence electrons. The standard InChI is InChI=1S/4C19H21N3.C18H19N3/c1-12-9-14(3)18(10-13(12)2)22-15(4)21(5)19-16(11-20)7-6-8-17(19)22;1-12-9-13(2)14(3)18(10-12)22-15(4)21(5)19-16(11-20)7-6-8-17(19)22;1-12-9-13(2)18(14(3)10-12)22-15(4)21(5)19-16(11-20)7-6-8-17(19)22;1-12-9-10-13(2)18(14(12)3)22-15(4)21(5)19-16(11-20)7-6-8-17(19)22;1-12-7-5-8-13(2)17(12)21-14(3)20(4)18-15(11-19)9-6-10-16(18)21/h4*6-10,15H,1-5H3;5-10,14H,1-4H3/t4*15-;14-/m00000/s1. The summed E-state index contributed by atoms with van der Waals surface area (Å²) in [6.07, 6.45) is 0.928. The van der Waals surface area contributed by atoms with Gasteiger partial charge < -0.3 is 49.0 Å². The summed E-state index contributed by atoms with van der Waals surface area (Å²) < 4.78 is 0. The van der Waals surface area contributed by atoms with Crippen LogP contribution < -0.4 is 49.0 Å². The van der Waals surface area contributed by atoms with Crippen LogP contribution in [0, 0.1) is 154 Å². The van der Waals surface area contributed by atoms with Crippen molar-refractivity contribution in [2.24, 2.45) is 0 Å². The number of fused-ring (bicyclic) bond motifs is 5. The third-order valence-corrected chi connectivity index (χ3v) is 23.2. The number of anilines is 15. The van der Waals surface area contributed by atoms with Crippen molar-refractivity contribution in [1.29, 1.82) is 26.3 Å². The lowest BCUT2D eigenvalue weighted by Crippen LogP contribution is -2.36. The maximum atomic E-state index is 9.42. The van der Waals surface area contributed by atoms with Crippen LogP contribution >= 0.6 is 0 Å². The van der Waals surface area contributed by atoms with E-state index in [9.17, 15) is 26.3 Å². The molecule has 5 atom stereocenters. The maximum absolute atomic E-state index is 9.42. The van der Waals surface area contributed by atoms with Crippen LogP contribution in [-0.4, -0.2) is 66.1 Å². The highest BCUT2D eigenvalue weighted by Gasteiger charge is 2.40. The van der Waals surface area contributed by atoms with Gasteiger partial charge in [-0.2, -0.15) is 26.3 Å². The van der Waals surface area contributed by atoms with Gasteiger partial charge >= 0.3 is 0 Å². The summed E-state index contributed by atoms with van der Waals surface area (Å²) in [6, 6.07) is 65.5. The molecule has 0 amide bonds. The predicted molar refractivity (Wildman–Crippen MR) is 454 cm³/mol. The highest BCUT2D eigenvalue weighted by atomic mass is 15.4. The molecule has 0 saturated carbocycles. The van der Waals surface area contributed by atoms with E-state index in [0.717, 1.165) is 84.7 Å². The molecule has 15 nitrogen and oxygen atoms in total. The van der Waals surface area contributed by atoms with Crippen LogP contribution in [0.15, 0.2) is 158 Å². The van der Waals surface area contributed by atoms with Gasteiger partial charge in [-0.05, 0) is 277 Å². The molecule has 5 aliphatic heterocycles. The van der Waals surface area contributed by atoms with E-state index in [1.165, 1.54) is 106 Å². The highest BCUT2D eigenvalue weighted by molar-refractivity contribution is 5.93. The van der Waals surface area contributed by atoms with Crippen molar-refractivity contribution in [2.45, 2.75) is 162 Å². The lowest BCUT2D eigenvalue weighted by molar-refractivity contribution is 0.730. The first-order valence-electron chi connectivity index (χ1n) is 37.5. The van der Waals surface area contributed by atoms with Gasteiger partial charge in [-0.3, -0.25) is 0 Å². The molecule has 10 aromatic rings. The lowest BCUT2D eigenvalue weighted by atomic mass is 10.0. The third-order valence-electron chi connectivity index (χ3n) is 23.2. The topological polar surface area (TPSA) is 151 Å². The number of rotatable bonds is 5. The van der Waals surface area contributed by atoms with E-state index in [1.54, 1.807) is 0 Å². The summed E-state index contributed by atoms with van der Waals surface area (Å²) in [6.45, 7) is 41.0. The Morgan fingerprint density at radius 3 is 0.862 bits per heavy atom. The van der Waals surface area contributed by atoms with E-state index in [1.807, 2.05) is 60.7 Å². The zero-order valence-electron chi connectivity index (χ0n) is 68.1. The Balaban J connectivity index is 0.000000135. The van der Waals surface area contributed by atoms with E-state index in [4.69, 9.17) is 0 Å². The van der Waals surface area contributed by atoms with E-state index in [0.29, 0.717) is 0 Å². The summed E-state index contributed by atoms with van der Waals surface area (Å²) in [4.78, 5) is 22.6. The fourth-order valence-electron chi connectivity index (χ4n) is 16.8. The van der Waals surface area contributed by atoms with Crippen molar-refractivity contribution in [1.82, 2.24) is 0 Å².